The van der Waals surface area contributed by atoms with Crippen molar-refractivity contribution in [2.45, 2.75) is 11.3 Å². The fraction of sp³-hybridized carbons (Fsp3) is 0.125. The van der Waals surface area contributed by atoms with Crippen LogP contribution in [0.5, 0.6) is 0 Å². The zero-order valence-corrected chi connectivity index (χ0v) is 15.3. The summed E-state index contributed by atoms with van der Waals surface area (Å²) >= 11 is 4.37. The van der Waals surface area contributed by atoms with Gasteiger partial charge in [0, 0.05) is 5.75 Å². The van der Waals surface area contributed by atoms with Crippen LogP contribution in [0.2, 0.25) is 0 Å². The number of thioether (sulfide) groups is 1. The molecule has 0 saturated heterocycles. The first kappa shape index (κ1) is 16.8. The van der Waals surface area contributed by atoms with Crippen molar-refractivity contribution in [1.82, 2.24) is 15.2 Å². The molecule has 1 amide bonds. The van der Waals surface area contributed by atoms with Gasteiger partial charge in [-0.05, 0) is 12.5 Å². The van der Waals surface area contributed by atoms with Crippen LogP contribution >= 0.6 is 34.4 Å². The molecule has 122 valence electrons. The number of nitrogens with zero attached hydrogens (tertiary/aromatic N) is 3. The summed E-state index contributed by atoms with van der Waals surface area (Å²) in [5.41, 5.74) is 1.40. The highest BCUT2D eigenvalue weighted by molar-refractivity contribution is 8.01. The predicted octanol–water partition coefficient (Wildman–Crippen LogP) is 4.50. The van der Waals surface area contributed by atoms with Crippen molar-refractivity contribution >= 4 is 45.5 Å². The van der Waals surface area contributed by atoms with Crippen LogP contribution in [0.1, 0.15) is 15.5 Å². The average Bonchev–Trinajstić information content (AvgIpc) is 3.20. The van der Waals surface area contributed by atoms with E-state index < -0.39 is 0 Å². The quantitative estimate of drug-likeness (QED) is 0.391. The number of rotatable bonds is 6. The molecule has 3 rings (SSSR count). The molecule has 0 fully saturated rings. The van der Waals surface area contributed by atoms with Gasteiger partial charge >= 0.3 is 0 Å². The summed E-state index contributed by atoms with van der Waals surface area (Å²) < 4.78 is 0.794. The Morgan fingerprint density at radius 2 is 2.08 bits per heavy atom. The first-order valence-electron chi connectivity index (χ1n) is 7.09. The summed E-state index contributed by atoms with van der Waals surface area (Å²) in [5.74, 6) is 0.487. The zero-order valence-electron chi connectivity index (χ0n) is 12.9. The standard InChI is InChI=1S/C16H14N4OS3/c1-3-9-22-16-20-19-15(24-16)18-14(21)12-13(23-10(2)17-12)11-7-5-4-6-8-11/h3-8H,1,9H2,2H3,(H,18,19,21). The number of thiazole rings is 1. The van der Waals surface area contributed by atoms with Crippen molar-refractivity contribution < 1.29 is 4.79 Å². The third-order valence-corrected chi connectivity index (χ3v) is 5.92. The fourth-order valence-corrected chi connectivity index (χ4v) is 4.40. The normalized spacial score (nSPS) is 10.5. The van der Waals surface area contributed by atoms with Gasteiger partial charge < -0.3 is 0 Å². The van der Waals surface area contributed by atoms with Crippen LogP contribution in [0.25, 0.3) is 10.4 Å². The van der Waals surface area contributed by atoms with Crippen molar-refractivity contribution in [2.24, 2.45) is 0 Å². The molecular formula is C16H14N4OS3. The van der Waals surface area contributed by atoms with Gasteiger partial charge in [0.15, 0.2) is 4.34 Å². The molecule has 2 aromatic heterocycles. The number of carbonyl (C=O) groups is 1. The summed E-state index contributed by atoms with van der Waals surface area (Å²) in [7, 11) is 0. The second kappa shape index (κ2) is 7.69. The van der Waals surface area contributed by atoms with Gasteiger partial charge in [0.2, 0.25) is 5.13 Å². The molecule has 24 heavy (non-hydrogen) atoms. The molecule has 1 N–H and O–H groups in total. The maximum absolute atomic E-state index is 12.6. The Morgan fingerprint density at radius 1 is 1.29 bits per heavy atom. The maximum Gasteiger partial charge on any atom is 0.277 e. The van der Waals surface area contributed by atoms with Gasteiger partial charge in [-0.15, -0.1) is 28.1 Å². The van der Waals surface area contributed by atoms with Gasteiger partial charge in [0.25, 0.3) is 5.91 Å². The number of carbonyl (C=O) groups excluding carboxylic acids is 1. The van der Waals surface area contributed by atoms with Crippen molar-refractivity contribution in [3.8, 4) is 10.4 Å². The van der Waals surface area contributed by atoms with Crippen molar-refractivity contribution in [3.63, 3.8) is 0 Å². The lowest BCUT2D eigenvalue weighted by molar-refractivity contribution is 0.102. The second-order valence-electron chi connectivity index (χ2n) is 4.70. The lowest BCUT2D eigenvalue weighted by Gasteiger charge is -2.02. The highest BCUT2D eigenvalue weighted by atomic mass is 32.2. The Bertz CT molecular complexity index is 857. The van der Waals surface area contributed by atoms with Gasteiger partial charge in [0.1, 0.15) is 5.69 Å². The minimum Gasteiger partial charge on any atom is -0.295 e. The largest absolute Gasteiger partial charge is 0.295 e. The molecule has 0 radical (unpaired) electrons. The average molecular weight is 375 g/mol. The number of anilines is 1. The lowest BCUT2D eigenvalue weighted by Crippen LogP contribution is -2.13. The van der Waals surface area contributed by atoms with Crippen molar-refractivity contribution in [3.05, 3.63) is 53.7 Å². The first-order chi connectivity index (χ1) is 11.7. The Morgan fingerprint density at radius 3 is 2.83 bits per heavy atom. The predicted molar refractivity (Wildman–Crippen MR) is 101 cm³/mol. The van der Waals surface area contributed by atoms with Crippen LogP contribution < -0.4 is 5.32 Å². The molecule has 0 unspecified atom stereocenters. The molecule has 0 saturated carbocycles. The molecule has 0 aliphatic heterocycles. The van der Waals surface area contributed by atoms with E-state index in [0.717, 1.165) is 25.5 Å². The van der Waals surface area contributed by atoms with Crippen molar-refractivity contribution in [2.75, 3.05) is 11.1 Å². The zero-order chi connectivity index (χ0) is 16.9. The van der Waals surface area contributed by atoms with E-state index in [1.54, 1.807) is 6.08 Å². The maximum atomic E-state index is 12.6. The summed E-state index contributed by atoms with van der Waals surface area (Å²) in [6.07, 6.45) is 1.80. The summed E-state index contributed by atoms with van der Waals surface area (Å²) in [5, 5.41) is 12.1. The van der Waals surface area contributed by atoms with Crippen LogP contribution in [-0.2, 0) is 0 Å². The molecular weight excluding hydrogens is 360 g/mol. The SMILES string of the molecule is C=CCSc1nnc(NC(=O)c2nc(C)sc2-c2ccccc2)s1. The van der Waals surface area contributed by atoms with Crippen LogP contribution in [-0.4, -0.2) is 26.8 Å². The molecule has 8 heteroatoms. The number of nitrogens with one attached hydrogen (secondary N) is 1. The Balaban J connectivity index is 1.80. The minimum atomic E-state index is -0.269. The van der Waals surface area contributed by atoms with Crippen LogP contribution in [0, 0.1) is 6.92 Å². The smallest absolute Gasteiger partial charge is 0.277 e. The van der Waals surface area contributed by atoms with E-state index in [4.69, 9.17) is 0 Å². The molecule has 3 aromatic rings. The topological polar surface area (TPSA) is 67.8 Å². The second-order valence-corrected chi connectivity index (χ2v) is 8.15. The van der Waals surface area contributed by atoms with Gasteiger partial charge in [-0.3, -0.25) is 10.1 Å². The third kappa shape index (κ3) is 3.89. The van der Waals surface area contributed by atoms with Crippen LogP contribution in [0.15, 0.2) is 47.3 Å². The minimum absolute atomic E-state index is 0.269. The Labute approximate surface area is 151 Å². The molecule has 2 heterocycles. The number of hydrogen-bond acceptors (Lipinski definition) is 7. The number of aryl methyl sites for hydroxylation is 1. The lowest BCUT2D eigenvalue weighted by atomic mass is 10.1. The number of aromatic nitrogens is 3. The first-order valence-corrected chi connectivity index (χ1v) is 9.70. The van der Waals surface area contributed by atoms with E-state index >= 15 is 0 Å². The molecule has 0 aliphatic rings. The van der Waals surface area contributed by atoms with Crippen LogP contribution in [0.3, 0.4) is 0 Å². The highest BCUT2D eigenvalue weighted by Crippen LogP contribution is 2.31. The van der Waals surface area contributed by atoms with Gasteiger partial charge in [-0.1, -0.05) is 59.5 Å². The number of amides is 1. The Kier molecular flexibility index (Phi) is 5.39. The van der Waals surface area contributed by atoms with Gasteiger partial charge in [-0.2, -0.15) is 0 Å². The van der Waals surface area contributed by atoms with E-state index in [9.17, 15) is 4.79 Å². The summed E-state index contributed by atoms with van der Waals surface area (Å²) in [6.45, 7) is 5.56. The molecule has 0 aliphatic carbocycles. The van der Waals surface area contributed by atoms with Gasteiger partial charge in [0.05, 0.1) is 9.88 Å². The van der Waals surface area contributed by atoms with E-state index in [1.807, 2.05) is 37.3 Å². The summed E-state index contributed by atoms with van der Waals surface area (Å²) in [6, 6.07) is 9.78. The monoisotopic (exact) mass is 374 g/mol. The summed E-state index contributed by atoms with van der Waals surface area (Å²) in [4.78, 5) is 17.8. The number of benzene rings is 1. The molecule has 0 atom stereocenters. The molecule has 0 spiro atoms. The Hall–Kier alpha value is -2.03. The van der Waals surface area contributed by atoms with E-state index in [-0.39, 0.29) is 5.91 Å². The van der Waals surface area contributed by atoms with E-state index in [1.165, 1.54) is 34.4 Å². The molecule has 0 bridgehead atoms. The van der Waals surface area contributed by atoms with Crippen molar-refractivity contribution in [1.29, 1.82) is 0 Å². The third-order valence-electron chi connectivity index (χ3n) is 2.94. The van der Waals surface area contributed by atoms with Gasteiger partial charge in [-0.25, -0.2) is 4.98 Å². The fourth-order valence-electron chi connectivity index (χ4n) is 1.97. The van der Waals surface area contributed by atoms with Crippen LogP contribution in [0.4, 0.5) is 5.13 Å². The number of hydrogen-bond donors (Lipinski definition) is 1. The highest BCUT2D eigenvalue weighted by Gasteiger charge is 2.19. The molecule has 5 nitrogen and oxygen atoms in total. The van der Waals surface area contributed by atoms with E-state index in [0.29, 0.717) is 10.8 Å². The van der Waals surface area contributed by atoms with E-state index in [2.05, 4.69) is 27.1 Å². The molecule has 1 aromatic carbocycles.